The summed E-state index contributed by atoms with van der Waals surface area (Å²) in [4.78, 5) is 39.1. The van der Waals surface area contributed by atoms with Crippen LogP contribution in [0, 0.1) is 11.8 Å². The van der Waals surface area contributed by atoms with E-state index in [0.29, 0.717) is 0 Å². The van der Waals surface area contributed by atoms with E-state index in [4.69, 9.17) is 4.74 Å². The van der Waals surface area contributed by atoms with Crippen molar-refractivity contribution in [1.82, 2.24) is 10.2 Å². The minimum Gasteiger partial charge on any atom is -0.468 e. The highest BCUT2D eigenvalue weighted by molar-refractivity contribution is 7.10. The Morgan fingerprint density at radius 2 is 2.14 bits per heavy atom. The molecular weight excluding hydrogens is 292 g/mol. The van der Waals surface area contributed by atoms with Crippen molar-refractivity contribution in [2.24, 2.45) is 11.8 Å². The fourth-order valence-electron chi connectivity index (χ4n) is 3.39. The minimum atomic E-state index is -1.19. The molecule has 2 amide bonds. The van der Waals surface area contributed by atoms with Gasteiger partial charge in [-0.3, -0.25) is 24.6 Å². The van der Waals surface area contributed by atoms with Crippen molar-refractivity contribution in [3.8, 4) is 0 Å². The maximum atomic E-state index is 12.4. The summed E-state index contributed by atoms with van der Waals surface area (Å²) in [6.07, 6.45) is 0. The number of methoxy groups -OCH3 is 1. The number of amides is 2. The Kier molecular flexibility index (Phi) is 3.14. The number of esters is 1. The average molecular weight is 308 g/mol. The molecule has 0 radical (unpaired) electrons. The third kappa shape index (κ3) is 1.77. The van der Waals surface area contributed by atoms with Crippen LogP contribution in [0.15, 0.2) is 17.5 Å². The lowest BCUT2D eigenvalue weighted by Crippen LogP contribution is -2.53. The van der Waals surface area contributed by atoms with E-state index in [-0.39, 0.29) is 17.9 Å². The highest BCUT2D eigenvalue weighted by atomic mass is 32.1. The molecule has 112 valence electrons. The van der Waals surface area contributed by atoms with Gasteiger partial charge in [0, 0.05) is 11.9 Å². The second kappa shape index (κ2) is 4.64. The fraction of sp³-hybridized carbons (Fsp3) is 0.500. The first kappa shape index (κ1) is 14.2. The highest BCUT2D eigenvalue weighted by Gasteiger charge is 2.66. The molecule has 3 rings (SSSR count). The summed E-state index contributed by atoms with van der Waals surface area (Å²) in [5, 5.41) is 5.08. The predicted octanol–water partition coefficient (Wildman–Crippen LogP) is 0.555. The molecule has 0 bridgehead atoms. The summed E-state index contributed by atoms with van der Waals surface area (Å²) in [7, 11) is 2.75. The van der Waals surface area contributed by atoms with Crippen LogP contribution in [0.3, 0.4) is 0 Å². The van der Waals surface area contributed by atoms with E-state index >= 15 is 0 Å². The first-order valence-electron chi connectivity index (χ1n) is 6.62. The number of nitrogens with zero attached hydrogens (tertiary/aromatic N) is 1. The largest absolute Gasteiger partial charge is 0.468 e. The maximum Gasteiger partial charge on any atom is 0.326 e. The number of ether oxygens (including phenoxy) is 1. The molecule has 1 N–H and O–H groups in total. The van der Waals surface area contributed by atoms with Crippen molar-refractivity contribution in [3.63, 3.8) is 0 Å². The zero-order valence-electron chi connectivity index (χ0n) is 12.0. The standard InChI is InChI=1S/C14H16N2O4S/c1-14(13(19)20-3)9-8(11(17)16(2)12(9)18)10(15-14)7-5-4-6-21-7/h4-6,8-10,15H,1-3H3/t8-,9-,10-,14-/m1/s1. The quantitative estimate of drug-likeness (QED) is 0.638. The molecule has 2 fully saturated rings. The van der Waals surface area contributed by atoms with Crippen LogP contribution >= 0.6 is 11.3 Å². The summed E-state index contributed by atoms with van der Waals surface area (Å²) >= 11 is 1.50. The Morgan fingerprint density at radius 3 is 2.71 bits per heavy atom. The molecule has 2 aliphatic rings. The fourth-order valence-corrected chi connectivity index (χ4v) is 4.22. The van der Waals surface area contributed by atoms with Crippen LogP contribution in [0.4, 0.5) is 0 Å². The van der Waals surface area contributed by atoms with Crippen LogP contribution in [0.5, 0.6) is 0 Å². The van der Waals surface area contributed by atoms with E-state index in [1.165, 1.54) is 25.5 Å². The Hall–Kier alpha value is -1.73. The first-order chi connectivity index (χ1) is 9.91. The van der Waals surface area contributed by atoms with Gasteiger partial charge < -0.3 is 4.74 Å². The SMILES string of the molecule is COC(=O)[C@]1(C)N[C@H](c2cccs2)[C@@H]2C(=O)N(C)C(=O)[C@@H]21. The van der Waals surface area contributed by atoms with Crippen LogP contribution in [0.2, 0.25) is 0 Å². The number of carbonyl (C=O) groups excluding carboxylic acids is 3. The van der Waals surface area contributed by atoms with Gasteiger partial charge in [-0.2, -0.15) is 0 Å². The molecule has 3 heterocycles. The lowest BCUT2D eigenvalue weighted by molar-refractivity contribution is -0.152. The van der Waals surface area contributed by atoms with Crippen LogP contribution in [0.25, 0.3) is 0 Å². The van der Waals surface area contributed by atoms with Crippen molar-refractivity contribution in [1.29, 1.82) is 0 Å². The molecule has 4 atom stereocenters. The summed E-state index contributed by atoms with van der Waals surface area (Å²) in [6, 6.07) is 3.44. The van der Waals surface area contributed by atoms with Gasteiger partial charge in [-0.15, -0.1) is 11.3 Å². The van der Waals surface area contributed by atoms with Crippen LogP contribution in [0.1, 0.15) is 17.8 Å². The van der Waals surface area contributed by atoms with E-state index in [1.54, 1.807) is 6.92 Å². The lowest BCUT2D eigenvalue weighted by Gasteiger charge is -2.27. The Balaban J connectivity index is 2.10. The van der Waals surface area contributed by atoms with Gasteiger partial charge in [0.2, 0.25) is 11.8 Å². The van der Waals surface area contributed by atoms with Crippen molar-refractivity contribution in [2.75, 3.05) is 14.2 Å². The molecule has 0 aliphatic carbocycles. The molecular formula is C14H16N2O4S. The number of hydrogen-bond donors (Lipinski definition) is 1. The molecule has 0 spiro atoms. The number of imide groups is 1. The number of rotatable bonds is 2. The van der Waals surface area contributed by atoms with Gasteiger partial charge in [-0.05, 0) is 18.4 Å². The van der Waals surface area contributed by atoms with Gasteiger partial charge in [0.25, 0.3) is 0 Å². The highest BCUT2D eigenvalue weighted by Crippen LogP contribution is 2.49. The van der Waals surface area contributed by atoms with E-state index < -0.39 is 23.3 Å². The Morgan fingerprint density at radius 1 is 1.43 bits per heavy atom. The minimum absolute atomic E-state index is 0.247. The van der Waals surface area contributed by atoms with E-state index in [0.717, 1.165) is 9.78 Å². The smallest absolute Gasteiger partial charge is 0.326 e. The molecule has 0 saturated carbocycles. The number of thiophene rings is 1. The maximum absolute atomic E-state index is 12.4. The summed E-state index contributed by atoms with van der Waals surface area (Å²) in [5.74, 6) is -2.39. The van der Waals surface area contributed by atoms with Crippen LogP contribution < -0.4 is 5.32 Å². The van der Waals surface area contributed by atoms with Gasteiger partial charge >= 0.3 is 5.97 Å². The number of hydrogen-bond acceptors (Lipinski definition) is 6. The molecule has 0 unspecified atom stereocenters. The lowest BCUT2D eigenvalue weighted by atomic mass is 9.81. The zero-order chi connectivity index (χ0) is 15.4. The van der Waals surface area contributed by atoms with Crippen molar-refractivity contribution < 1.29 is 19.1 Å². The molecule has 21 heavy (non-hydrogen) atoms. The topological polar surface area (TPSA) is 75.7 Å². The molecule has 6 nitrogen and oxygen atoms in total. The molecule has 1 aromatic rings. The molecule has 1 aromatic heterocycles. The normalized spacial score (nSPS) is 35.2. The van der Waals surface area contributed by atoms with Gasteiger partial charge in [0.1, 0.15) is 5.54 Å². The van der Waals surface area contributed by atoms with Gasteiger partial charge in [0.05, 0.1) is 25.0 Å². The molecule has 2 aliphatic heterocycles. The van der Waals surface area contributed by atoms with Crippen molar-refractivity contribution in [2.45, 2.75) is 18.5 Å². The van der Waals surface area contributed by atoms with Crippen LogP contribution in [-0.4, -0.2) is 42.4 Å². The number of likely N-dealkylation sites (tertiary alicyclic amines) is 1. The third-order valence-electron chi connectivity index (χ3n) is 4.47. The van der Waals surface area contributed by atoms with Crippen LogP contribution in [-0.2, 0) is 19.1 Å². The molecule has 2 saturated heterocycles. The van der Waals surface area contributed by atoms with Crippen molar-refractivity contribution >= 4 is 29.1 Å². The predicted molar refractivity (Wildman–Crippen MR) is 75.4 cm³/mol. The first-order valence-corrected chi connectivity index (χ1v) is 7.50. The van der Waals surface area contributed by atoms with Gasteiger partial charge in [-0.25, -0.2) is 0 Å². The second-order valence-electron chi connectivity index (χ2n) is 5.57. The van der Waals surface area contributed by atoms with Gasteiger partial charge in [0.15, 0.2) is 0 Å². The number of nitrogens with one attached hydrogen (secondary N) is 1. The van der Waals surface area contributed by atoms with Crippen molar-refractivity contribution in [3.05, 3.63) is 22.4 Å². The third-order valence-corrected chi connectivity index (χ3v) is 5.42. The second-order valence-corrected chi connectivity index (χ2v) is 6.55. The Labute approximate surface area is 126 Å². The summed E-state index contributed by atoms with van der Waals surface area (Å²) in [6.45, 7) is 1.63. The zero-order valence-corrected chi connectivity index (χ0v) is 12.8. The molecule has 0 aromatic carbocycles. The summed E-state index contributed by atoms with van der Waals surface area (Å²) < 4.78 is 4.85. The number of fused-ring (bicyclic) bond motifs is 1. The molecule has 7 heteroatoms. The van der Waals surface area contributed by atoms with E-state index in [9.17, 15) is 14.4 Å². The number of carbonyl (C=O) groups is 3. The summed E-state index contributed by atoms with van der Waals surface area (Å²) in [5.41, 5.74) is -1.19. The van der Waals surface area contributed by atoms with E-state index in [2.05, 4.69) is 5.32 Å². The Bertz CT molecular complexity index is 615. The average Bonchev–Trinajstić information content (AvgIpc) is 3.14. The van der Waals surface area contributed by atoms with E-state index in [1.807, 2.05) is 17.5 Å². The monoisotopic (exact) mass is 308 g/mol. The van der Waals surface area contributed by atoms with Gasteiger partial charge in [-0.1, -0.05) is 6.07 Å².